The minimum atomic E-state index is -0.296. The molecular formula is C17H26N2O2. The molecule has 0 bridgehead atoms. The second-order valence-electron chi connectivity index (χ2n) is 5.80. The van der Waals surface area contributed by atoms with Crippen LogP contribution in [-0.2, 0) is 4.74 Å². The molecule has 1 aliphatic carbocycles. The van der Waals surface area contributed by atoms with E-state index in [2.05, 4.69) is 12.2 Å². The number of benzene rings is 1. The fraction of sp³-hybridized carbons (Fsp3) is 0.588. The van der Waals surface area contributed by atoms with Gasteiger partial charge in [-0.2, -0.15) is 0 Å². The molecule has 2 atom stereocenters. The molecule has 116 valence electrons. The van der Waals surface area contributed by atoms with E-state index < -0.39 is 0 Å². The van der Waals surface area contributed by atoms with Crippen molar-refractivity contribution < 1.29 is 9.53 Å². The summed E-state index contributed by atoms with van der Waals surface area (Å²) in [6, 6.07) is 5.75. The third-order valence-electron chi connectivity index (χ3n) is 4.28. The van der Waals surface area contributed by atoms with E-state index >= 15 is 0 Å². The second kappa shape index (κ2) is 7.34. The fourth-order valence-corrected chi connectivity index (χ4v) is 3.04. The Morgan fingerprint density at radius 2 is 2.19 bits per heavy atom. The summed E-state index contributed by atoms with van der Waals surface area (Å²) in [5.41, 5.74) is 8.12. The first-order valence-corrected chi connectivity index (χ1v) is 7.97. The van der Waals surface area contributed by atoms with Crippen LogP contribution in [0.2, 0.25) is 0 Å². The maximum absolute atomic E-state index is 11.8. The minimum Gasteiger partial charge on any atom is -0.462 e. The van der Waals surface area contributed by atoms with Crippen molar-refractivity contribution in [1.29, 1.82) is 0 Å². The Balaban J connectivity index is 2.08. The standard InChI is InChI=1S/C17H26N2O2/c1-3-12-6-5-7-14(10-12)19-16-11-13(8-9-15(16)18)17(20)21-4-2/h8-9,11-12,14,19H,3-7,10,18H2,1-2H3. The zero-order chi connectivity index (χ0) is 15.2. The number of carbonyl (C=O) groups is 1. The average Bonchev–Trinajstić information content (AvgIpc) is 2.50. The molecule has 4 nitrogen and oxygen atoms in total. The van der Waals surface area contributed by atoms with E-state index in [-0.39, 0.29) is 5.97 Å². The van der Waals surface area contributed by atoms with Crippen LogP contribution >= 0.6 is 0 Å². The van der Waals surface area contributed by atoms with E-state index in [1.807, 2.05) is 6.07 Å². The van der Waals surface area contributed by atoms with Crippen molar-refractivity contribution in [3.05, 3.63) is 23.8 Å². The van der Waals surface area contributed by atoms with Crippen LogP contribution in [0.1, 0.15) is 56.3 Å². The molecule has 1 saturated carbocycles. The molecule has 2 rings (SSSR count). The van der Waals surface area contributed by atoms with E-state index in [1.54, 1.807) is 19.1 Å². The van der Waals surface area contributed by atoms with Crippen molar-refractivity contribution in [2.75, 3.05) is 17.7 Å². The lowest BCUT2D eigenvalue weighted by molar-refractivity contribution is 0.0526. The van der Waals surface area contributed by atoms with Crippen LogP contribution in [-0.4, -0.2) is 18.6 Å². The topological polar surface area (TPSA) is 64.3 Å². The van der Waals surface area contributed by atoms with Gasteiger partial charge in [-0.25, -0.2) is 4.79 Å². The third kappa shape index (κ3) is 4.13. The third-order valence-corrected chi connectivity index (χ3v) is 4.28. The molecule has 3 N–H and O–H groups in total. The molecule has 0 amide bonds. The summed E-state index contributed by atoms with van der Waals surface area (Å²) in [6.45, 7) is 4.44. The highest BCUT2D eigenvalue weighted by Gasteiger charge is 2.21. The van der Waals surface area contributed by atoms with E-state index in [0.717, 1.165) is 11.6 Å². The van der Waals surface area contributed by atoms with Crippen molar-refractivity contribution >= 4 is 17.3 Å². The Morgan fingerprint density at radius 3 is 2.90 bits per heavy atom. The van der Waals surface area contributed by atoms with E-state index in [4.69, 9.17) is 10.5 Å². The molecule has 0 spiro atoms. The van der Waals surface area contributed by atoms with E-state index in [0.29, 0.717) is 23.9 Å². The summed E-state index contributed by atoms with van der Waals surface area (Å²) in [5, 5.41) is 3.52. The lowest BCUT2D eigenvalue weighted by Gasteiger charge is -2.30. The second-order valence-corrected chi connectivity index (χ2v) is 5.80. The zero-order valence-corrected chi connectivity index (χ0v) is 13.0. The summed E-state index contributed by atoms with van der Waals surface area (Å²) in [4.78, 5) is 11.8. The first kappa shape index (κ1) is 15.7. The van der Waals surface area contributed by atoms with Crippen molar-refractivity contribution in [2.45, 2.75) is 52.0 Å². The van der Waals surface area contributed by atoms with Gasteiger partial charge in [-0.15, -0.1) is 0 Å². The van der Waals surface area contributed by atoms with Gasteiger partial charge in [0, 0.05) is 6.04 Å². The minimum absolute atomic E-state index is 0.296. The molecule has 0 radical (unpaired) electrons. The molecule has 1 aromatic rings. The monoisotopic (exact) mass is 290 g/mol. The van der Waals surface area contributed by atoms with Crippen LogP contribution in [0.15, 0.2) is 18.2 Å². The van der Waals surface area contributed by atoms with Gasteiger partial charge in [-0.1, -0.05) is 26.2 Å². The molecule has 1 aromatic carbocycles. The van der Waals surface area contributed by atoms with Crippen LogP contribution in [0.4, 0.5) is 11.4 Å². The van der Waals surface area contributed by atoms with Crippen LogP contribution in [0.3, 0.4) is 0 Å². The van der Waals surface area contributed by atoms with Gasteiger partial charge in [0.1, 0.15) is 0 Å². The van der Waals surface area contributed by atoms with Crippen molar-refractivity contribution in [1.82, 2.24) is 0 Å². The quantitative estimate of drug-likeness (QED) is 0.639. The van der Waals surface area contributed by atoms with E-state index in [1.165, 1.54) is 32.1 Å². The molecule has 0 aliphatic heterocycles. The molecular weight excluding hydrogens is 264 g/mol. The number of anilines is 2. The molecule has 21 heavy (non-hydrogen) atoms. The SMILES string of the molecule is CCOC(=O)c1ccc(N)c(NC2CCCC(CC)C2)c1. The zero-order valence-electron chi connectivity index (χ0n) is 13.0. The molecule has 0 heterocycles. The van der Waals surface area contributed by atoms with Gasteiger partial charge in [0.25, 0.3) is 0 Å². The smallest absolute Gasteiger partial charge is 0.338 e. The van der Waals surface area contributed by atoms with Gasteiger partial charge >= 0.3 is 5.97 Å². The number of hydrogen-bond acceptors (Lipinski definition) is 4. The van der Waals surface area contributed by atoms with Crippen LogP contribution in [0.5, 0.6) is 0 Å². The lowest BCUT2D eigenvalue weighted by atomic mass is 9.84. The van der Waals surface area contributed by atoms with Gasteiger partial charge in [0.2, 0.25) is 0 Å². The van der Waals surface area contributed by atoms with Crippen LogP contribution < -0.4 is 11.1 Å². The number of carbonyl (C=O) groups excluding carboxylic acids is 1. The maximum atomic E-state index is 11.8. The normalized spacial score (nSPS) is 21.8. The molecule has 1 aliphatic rings. The highest BCUT2D eigenvalue weighted by Crippen LogP contribution is 2.30. The summed E-state index contributed by atoms with van der Waals surface area (Å²) in [5.74, 6) is 0.501. The van der Waals surface area contributed by atoms with Crippen molar-refractivity contribution in [3.8, 4) is 0 Å². The Hall–Kier alpha value is -1.71. The van der Waals surface area contributed by atoms with E-state index in [9.17, 15) is 4.79 Å². The summed E-state index contributed by atoms with van der Waals surface area (Å²) < 4.78 is 5.04. The first-order chi connectivity index (χ1) is 10.1. The average molecular weight is 290 g/mol. The fourth-order valence-electron chi connectivity index (χ4n) is 3.04. The Bertz CT molecular complexity index is 488. The number of rotatable bonds is 5. The number of hydrogen-bond donors (Lipinski definition) is 2. The number of ether oxygens (including phenoxy) is 1. The molecule has 1 fully saturated rings. The van der Waals surface area contributed by atoms with Gasteiger partial charge in [-0.05, 0) is 43.9 Å². The van der Waals surface area contributed by atoms with Gasteiger partial charge in [0.15, 0.2) is 0 Å². The van der Waals surface area contributed by atoms with Gasteiger partial charge < -0.3 is 15.8 Å². The summed E-state index contributed by atoms with van der Waals surface area (Å²) in [6.07, 6.45) is 6.16. The van der Waals surface area contributed by atoms with Crippen LogP contribution in [0.25, 0.3) is 0 Å². The lowest BCUT2D eigenvalue weighted by Crippen LogP contribution is -2.27. The highest BCUT2D eigenvalue weighted by atomic mass is 16.5. The molecule has 2 unspecified atom stereocenters. The predicted molar refractivity (Wildman–Crippen MR) is 86.5 cm³/mol. The highest BCUT2D eigenvalue weighted by molar-refractivity contribution is 5.92. The molecule has 0 aromatic heterocycles. The molecule has 0 saturated heterocycles. The first-order valence-electron chi connectivity index (χ1n) is 7.97. The number of esters is 1. The van der Waals surface area contributed by atoms with Crippen LogP contribution in [0, 0.1) is 5.92 Å². The largest absolute Gasteiger partial charge is 0.462 e. The predicted octanol–water partition coefficient (Wildman–Crippen LogP) is 3.83. The number of nitrogens with one attached hydrogen (secondary N) is 1. The summed E-state index contributed by atoms with van der Waals surface area (Å²) >= 11 is 0. The number of nitrogen functional groups attached to an aromatic ring is 1. The number of nitrogens with two attached hydrogens (primary N) is 1. The molecule has 4 heteroatoms. The van der Waals surface area contributed by atoms with Gasteiger partial charge in [-0.3, -0.25) is 0 Å². The van der Waals surface area contributed by atoms with Crippen molar-refractivity contribution in [2.24, 2.45) is 5.92 Å². The Kier molecular flexibility index (Phi) is 5.48. The van der Waals surface area contributed by atoms with Gasteiger partial charge in [0.05, 0.1) is 23.5 Å². The van der Waals surface area contributed by atoms with Crippen molar-refractivity contribution in [3.63, 3.8) is 0 Å². The maximum Gasteiger partial charge on any atom is 0.338 e. The Morgan fingerprint density at radius 1 is 1.38 bits per heavy atom. The summed E-state index contributed by atoms with van der Waals surface area (Å²) in [7, 11) is 0. The Labute approximate surface area is 127 Å².